The van der Waals surface area contributed by atoms with Crippen LogP contribution in [0.25, 0.3) is 0 Å². The number of anilines is 2. The van der Waals surface area contributed by atoms with Crippen molar-refractivity contribution in [3.63, 3.8) is 0 Å². The topological polar surface area (TPSA) is 61.9 Å². The van der Waals surface area contributed by atoms with Crippen molar-refractivity contribution in [3.05, 3.63) is 54.1 Å². The van der Waals surface area contributed by atoms with Crippen LogP contribution in [0.4, 0.5) is 11.4 Å². The zero-order chi connectivity index (χ0) is 20.1. The van der Waals surface area contributed by atoms with Crippen molar-refractivity contribution in [2.45, 2.75) is 19.9 Å². The standard InChI is InChI=1S/C22H27N3O3/c1-4-28-20-11-9-19(10-12-20)25-15-17(13-21(25)26)22(27)23-14-16-5-7-18(8-6-16)24(2)3/h5-12,17H,4,13-15H2,1-3H3,(H,23,27). The van der Waals surface area contributed by atoms with E-state index in [4.69, 9.17) is 4.74 Å². The molecule has 0 spiro atoms. The average Bonchev–Trinajstić information content (AvgIpc) is 3.09. The number of nitrogens with zero attached hydrogens (tertiary/aromatic N) is 2. The number of ether oxygens (including phenoxy) is 1. The molecule has 6 heteroatoms. The summed E-state index contributed by atoms with van der Waals surface area (Å²) in [4.78, 5) is 28.6. The lowest BCUT2D eigenvalue weighted by Gasteiger charge is -2.17. The van der Waals surface area contributed by atoms with Crippen LogP contribution in [0.2, 0.25) is 0 Å². The highest BCUT2D eigenvalue weighted by Crippen LogP contribution is 2.27. The molecule has 1 aliphatic heterocycles. The lowest BCUT2D eigenvalue weighted by Crippen LogP contribution is -2.32. The first-order chi connectivity index (χ1) is 13.5. The molecule has 2 aromatic rings. The van der Waals surface area contributed by atoms with Gasteiger partial charge in [0.15, 0.2) is 0 Å². The van der Waals surface area contributed by atoms with Crippen LogP contribution in [0.3, 0.4) is 0 Å². The van der Waals surface area contributed by atoms with Crippen LogP contribution >= 0.6 is 0 Å². The van der Waals surface area contributed by atoms with Gasteiger partial charge in [0.05, 0.1) is 12.5 Å². The predicted molar refractivity (Wildman–Crippen MR) is 111 cm³/mol. The van der Waals surface area contributed by atoms with E-state index in [9.17, 15) is 9.59 Å². The molecule has 2 aromatic carbocycles. The molecule has 0 saturated carbocycles. The van der Waals surface area contributed by atoms with Crippen LogP contribution in [0.1, 0.15) is 18.9 Å². The number of carbonyl (C=O) groups excluding carboxylic acids is 2. The molecule has 1 unspecified atom stereocenters. The Morgan fingerprint density at radius 3 is 2.43 bits per heavy atom. The van der Waals surface area contributed by atoms with E-state index in [1.165, 1.54) is 0 Å². The zero-order valence-electron chi connectivity index (χ0n) is 16.6. The smallest absolute Gasteiger partial charge is 0.227 e. The molecule has 1 N–H and O–H groups in total. The number of rotatable bonds is 7. The summed E-state index contributed by atoms with van der Waals surface area (Å²) in [5, 5.41) is 2.96. The van der Waals surface area contributed by atoms with Gasteiger partial charge in [-0.05, 0) is 48.9 Å². The molecule has 1 saturated heterocycles. The number of hydrogen-bond donors (Lipinski definition) is 1. The highest BCUT2D eigenvalue weighted by molar-refractivity contribution is 6.00. The molecule has 2 amide bonds. The summed E-state index contributed by atoms with van der Waals surface area (Å²) in [6.07, 6.45) is 0.235. The van der Waals surface area contributed by atoms with Crippen molar-refractivity contribution >= 4 is 23.2 Å². The maximum Gasteiger partial charge on any atom is 0.227 e. The number of amides is 2. The quantitative estimate of drug-likeness (QED) is 0.801. The molecule has 1 heterocycles. The summed E-state index contributed by atoms with van der Waals surface area (Å²) in [7, 11) is 3.98. The molecule has 0 bridgehead atoms. The summed E-state index contributed by atoms with van der Waals surface area (Å²) in [6, 6.07) is 15.4. The van der Waals surface area contributed by atoms with Crippen LogP contribution in [0, 0.1) is 5.92 Å². The molecule has 148 valence electrons. The number of hydrogen-bond acceptors (Lipinski definition) is 4. The second-order valence-electron chi connectivity index (χ2n) is 7.11. The van der Waals surface area contributed by atoms with E-state index in [-0.39, 0.29) is 24.2 Å². The van der Waals surface area contributed by atoms with E-state index in [1.54, 1.807) is 4.90 Å². The van der Waals surface area contributed by atoms with Crippen molar-refractivity contribution in [3.8, 4) is 5.75 Å². The molecule has 6 nitrogen and oxygen atoms in total. The third-order valence-electron chi connectivity index (χ3n) is 4.87. The largest absolute Gasteiger partial charge is 0.494 e. The maximum atomic E-state index is 12.5. The van der Waals surface area contributed by atoms with Crippen molar-refractivity contribution in [1.29, 1.82) is 0 Å². The molecule has 3 rings (SSSR count). The molecule has 0 aromatic heterocycles. The van der Waals surface area contributed by atoms with Crippen molar-refractivity contribution < 1.29 is 14.3 Å². The van der Waals surface area contributed by atoms with Gasteiger partial charge in [0.25, 0.3) is 0 Å². The summed E-state index contributed by atoms with van der Waals surface area (Å²) >= 11 is 0. The Labute approximate surface area is 166 Å². The molecule has 0 radical (unpaired) electrons. The van der Waals surface area contributed by atoms with Gasteiger partial charge in [0.1, 0.15) is 5.75 Å². The first-order valence-electron chi connectivity index (χ1n) is 9.55. The van der Waals surface area contributed by atoms with Gasteiger partial charge < -0.3 is 19.9 Å². The van der Waals surface area contributed by atoms with Gasteiger partial charge >= 0.3 is 0 Å². The normalized spacial score (nSPS) is 16.2. The maximum absolute atomic E-state index is 12.5. The Bertz CT molecular complexity index is 816. The predicted octanol–water partition coefficient (Wildman–Crippen LogP) is 2.82. The Balaban J connectivity index is 1.55. The van der Waals surface area contributed by atoms with Crippen LogP contribution in [-0.4, -0.2) is 39.1 Å². The van der Waals surface area contributed by atoms with Gasteiger partial charge in [-0.1, -0.05) is 12.1 Å². The van der Waals surface area contributed by atoms with Gasteiger partial charge in [-0.2, -0.15) is 0 Å². The zero-order valence-corrected chi connectivity index (χ0v) is 16.6. The number of nitrogens with one attached hydrogen (secondary N) is 1. The van der Waals surface area contributed by atoms with Crippen molar-refractivity contribution in [2.24, 2.45) is 5.92 Å². The van der Waals surface area contributed by atoms with Gasteiger partial charge in [-0.15, -0.1) is 0 Å². The summed E-state index contributed by atoms with van der Waals surface area (Å²) in [6.45, 7) is 3.39. The summed E-state index contributed by atoms with van der Waals surface area (Å²) in [5.74, 6) is 0.325. The van der Waals surface area contributed by atoms with Gasteiger partial charge in [0.2, 0.25) is 11.8 Å². The van der Waals surface area contributed by atoms with Gasteiger partial charge in [-0.25, -0.2) is 0 Å². The Hall–Kier alpha value is -3.02. The number of benzene rings is 2. The molecule has 1 atom stereocenters. The molecular weight excluding hydrogens is 354 g/mol. The molecular formula is C22H27N3O3. The van der Waals surface area contributed by atoms with Crippen molar-refractivity contribution in [1.82, 2.24) is 5.32 Å². The second kappa shape index (κ2) is 8.78. The lowest BCUT2D eigenvalue weighted by atomic mass is 10.1. The van der Waals surface area contributed by atoms with Crippen molar-refractivity contribution in [2.75, 3.05) is 37.0 Å². The minimum Gasteiger partial charge on any atom is -0.494 e. The van der Waals surface area contributed by atoms with Gasteiger partial charge in [0, 0.05) is 45.0 Å². The minimum absolute atomic E-state index is 0.0281. The van der Waals surface area contributed by atoms with E-state index in [0.717, 1.165) is 22.7 Å². The Morgan fingerprint density at radius 2 is 1.82 bits per heavy atom. The Morgan fingerprint density at radius 1 is 1.14 bits per heavy atom. The van der Waals surface area contributed by atoms with E-state index in [2.05, 4.69) is 5.32 Å². The first kappa shape index (κ1) is 19.7. The minimum atomic E-state index is -0.333. The Kier molecular flexibility index (Phi) is 6.19. The summed E-state index contributed by atoms with van der Waals surface area (Å²) < 4.78 is 5.43. The highest BCUT2D eigenvalue weighted by atomic mass is 16.5. The van der Waals surface area contributed by atoms with Crippen LogP contribution in [0.15, 0.2) is 48.5 Å². The van der Waals surface area contributed by atoms with E-state index < -0.39 is 0 Å². The molecule has 1 fully saturated rings. The van der Waals surface area contributed by atoms with E-state index in [0.29, 0.717) is 19.7 Å². The SMILES string of the molecule is CCOc1ccc(N2CC(C(=O)NCc3ccc(N(C)C)cc3)CC2=O)cc1. The highest BCUT2D eigenvalue weighted by Gasteiger charge is 2.34. The third kappa shape index (κ3) is 4.63. The molecule has 0 aliphatic carbocycles. The fourth-order valence-electron chi connectivity index (χ4n) is 3.27. The van der Waals surface area contributed by atoms with Crippen LogP contribution in [0.5, 0.6) is 5.75 Å². The third-order valence-corrected chi connectivity index (χ3v) is 4.87. The molecule has 28 heavy (non-hydrogen) atoms. The number of carbonyl (C=O) groups is 2. The fourth-order valence-corrected chi connectivity index (χ4v) is 3.27. The van der Waals surface area contributed by atoms with Crippen LogP contribution in [-0.2, 0) is 16.1 Å². The van der Waals surface area contributed by atoms with E-state index >= 15 is 0 Å². The second-order valence-corrected chi connectivity index (χ2v) is 7.11. The van der Waals surface area contributed by atoms with E-state index in [1.807, 2.05) is 74.4 Å². The fraction of sp³-hybridized carbons (Fsp3) is 0.364. The summed E-state index contributed by atoms with van der Waals surface area (Å²) in [5.41, 5.74) is 2.94. The first-order valence-corrected chi connectivity index (χ1v) is 9.55. The molecule has 1 aliphatic rings. The van der Waals surface area contributed by atoms with Gasteiger partial charge in [-0.3, -0.25) is 9.59 Å². The van der Waals surface area contributed by atoms with Crippen LogP contribution < -0.4 is 19.9 Å². The average molecular weight is 381 g/mol. The lowest BCUT2D eigenvalue weighted by molar-refractivity contribution is -0.126. The monoisotopic (exact) mass is 381 g/mol.